The molecule has 0 N–H and O–H groups in total. The first kappa shape index (κ1) is 19.1. The summed E-state index contributed by atoms with van der Waals surface area (Å²) in [6, 6.07) is 11.9. The van der Waals surface area contributed by atoms with Crippen molar-refractivity contribution < 1.29 is 13.6 Å². The molecule has 2 aromatic carbocycles. The van der Waals surface area contributed by atoms with Gasteiger partial charge >= 0.3 is 0 Å². The zero-order chi connectivity index (χ0) is 19.4. The van der Waals surface area contributed by atoms with Crippen LogP contribution in [-0.4, -0.2) is 28.4 Å². The number of benzene rings is 2. The minimum Gasteiger partial charge on any atom is -0.411 e. The van der Waals surface area contributed by atoms with Gasteiger partial charge in [-0.2, -0.15) is 0 Å². The minimum atomic E-state index is -0.332. The zero-order valence-corrected chi connectivity index (χ0v) is 16.2. The number of hydrogen-bond acceptors (Lipinski definition) is 5. The van der Waals surface area contributed by atoms with Crippen molar-refractivity contribution in [2.75, 3.05) is 17.2 Å². The quantitative estimate of drug-likeness (QED) is 0.579. The second kappa shape index (κ2) is 8.35. The first-order valence-corrected chi connectivity index (χ1v) is 9.55. The molecule has 140 valence electrons. The lowest BCUT2D eigenvalue weighted by Gasteiger charge is -2.20. The molecule has 1 heterocycles. The van der Waals surface area contributed by atoms with Crippen molar-refractivity contribution in [2.45, 2.75) is 26.0 Å². The Bertz CT molecular complexity index is 920. The molecule has 0 saturated heterocycles. The van der Waals surface area contributed by atoms with Crippen LogP contribution >= 0.6 is 11.8 Å². The van der Waals surface area contributed by atoms with Gasteiger partial charge < -0.3 is 9.32 Å². The predicted molar refractivity (Wildman–Crippen MR) is 104 cm³/mol. The zero-order valence-electron chi connectivity index (χ0n) is 15.4. The van der Waals surface area contributed by atoms with E-state index >= 15 is 0 Å². The van der Waals surface area contributed by atoms with Crippen LogP contribution in [0.4, 0.5) is 10.1 Å². The summed E-state index contributed by atoms with van der Waals surface area (Å²) < 4.78 is 18.8. The standard InChI is InChI=1S/C20H20FN3O2S/c1-4-24(17-7-5-16(21)6-8-17)18(25)12-27-20-23-22-19(26-20)15-10-13(2)9-14(3)11-15/h5-11H,4,12H2,1-3H3. The topological polar surface area (TPSA) is 59.2 Å². The first-order chi connectivity index (χ1) is 13.0. The summed E-state index contributed by atoms with van der Waals surface area (Å²) in [6.45, 7) is 6.38. The van der Waals surface area contributed by atoms with E-state index in [1.165, 1.54) is 23.9 Å². The average Bonchev–Trinajstić information content (AvgIpc) is 3.10. The number of aromatic nitrogens is 2. The summed E-state index contributed by atoms with van der Waals surface area (Å²) in [6.07, 6.45) is 0. The first-order valence-electron chi connectivity index (χ1n) is 8.57. The van der Waals surface area contributed by atoms with Crippen LogP contribution in [0.2, 0.25) is 0 Å². The third-order valence-electron chi connectivity index (χ3n) is 3.95. The molecule has 1 amide bonds. The van der Waals surface area contributed by atoms with Gasteiger partial charge in [0.15, 0.2) is 0 Å². The summed E-state index contributed by atoms with van der Waals surface area (Å²) in [5.41, 5.74) is 3.75. The molecule has 0 atom stereocenters. The Morgan fingerprint density at radius 2 is 1.78 bits per heavy atom. The number of halogens is 1. The van der Waals surface area contributed by atoms with Gasteiger partial charge in [-0.3, -0.25) is 4.79 Å². The summed E-state index contributed by atoms with van der Waals surface area (Å²) in [4.78, 5) is 14.1. The average molecular weight is 385 g/mol. The Balaban J connectivity index is 1.66. The summed E-state index contributed by atoms with van der Waals surface area (Å²) >= 11 is 1.19. The molecule has 1 aromatic heterocycles. The van der Waals surface area contributed by atoms with E-state index in [2.05, 4.69) is 16.3 Å². The number of amides is 1. The maximum absolute atomic E-state index is 13.1. The second-order valence-electron chi connectivity index (χ2n) is 6.15. The number of carbonyl (C=O) groups excluding carboxylic acids is 1. The fraction of sp³-hybridized carbons (Fsp3) is 0.250. The fourth-order valence-electron chi connectivity index (χ4n) is 2.81. The number of carbonyl (C=O) groups is 1. The number of thioether (sulfide) groups is 1. The van der Waals surface area contributed by atoms with Crippen molar-refractivity contribution in [3.63, 3.8) is 0 Å². The number of anilines is 1. The van der Waals surface area contributed by atoms with Gasteiger partial charge in [0.25, 0.3) is 5.22 Å². The van der Waals surface area contributed by atoms with E-state index in [4.69, 9.17) is 4.42 Å². The maximum Gasteiger partial charge on any atom is 0.277 e. The van der Waals surface area contributed by atoms with Gasteiger partial charge in [-0.15, -0.1) is 10.2 Å². The Kier molecular flexibility index (Phi) is 5.91. The van der Waals surface area contributed by atoms with E-state index in [1.54, 1.807) is 17.0 Å². The van der Waals surface area contributed by atoms with Crippen LogP contribution in [0.1, 0.15) is 18.1 Å². The molecule has 0 radical (unpaired) electrons. The summed E-state index contributed by atoms with van der Waals surface area (Å²) in [5, 5.41) is 8.44. The predicted octanol–water partition coefficient (Wildman–Crippen LogP) is 4.64. The normalized spacial score (nSPS) is 10.8. The molecule has 0 aliphatic carbocycles. The van der Waals surface area contributed by atoms with E-state index in [1.807, 2.05) is 32.9 Å². The van der Waals surface area contributed by atoms with Gasteiger partial charge in [0.1, 0.15) is 5.82 Å². The third kappa shape index (κ3) is 4.74. The lowest BCUT2D eigenvalue weighted by molar-refractivity contribution is -0.116. The molecule has 0 fully saturated rings. The van der Waals surface area contributed by atoms with E-state index < -0.39 is 0 Å². The Morgan fingerprint density at radius 3 is 2.41 bits per heavy atom. The molecular formula is C20H20FN3O2S. The van der Waals surface area contributed by atoms with Gasteiger partial charge in [-0.25, -0.2) is 4.39 Å². The Labute approximate surface area is 161 Å². The van der Waals surface area contributed by atoms with Gasteiger partial charge in [-0.1, -0.05) is 29.0 Å². The van der Waals surface area contributed by atoms with Crippen molar-refractivity contribution in [3.8, 4) is 11.5 Å². The maximum atomic E-state index is 13.1. The van der Waals surface area contributed by atoms with Crippen LogP contribution in [0.15, 0.2) is 52.1 Å². The molecule has 27 heavy (non-hydrogen) atoms. The molecule has 0 unspecified atom stereocenters. The minimum absolute atomic E-state index is 0.111. The van der Waals surface area contributed by atoms with Crippen molar-refractivity contribution >= 4 is 23.4 Å². The van der Waals surface area contributed by atoms with Gasteiger partial charge in [0.05, 0.1) is 5.75 Å². The highest BCUT2D eigenvalue weighted by Gasteiger charge is 2.17. The van der Waals surface area contributed by atoms with Crippen molar-refractivity contribution in [1.29, 1.82) is 0 Å². The molecular weight excluding hydrogens is 365 g/mol. The fourth-order valence-corrected chi connectivity index (χ4v) is 3.45. The smallest absolute Gasteiger partial charge is 0.277 e. The summed E-state index contributed by atoms with van der Waals surface area (Å²) in [7, 11) is 0. The third-order valence-corrected chi connectivity index (χ3v) is 4.75. The molecule has 0 saturated carbocycles. The SMILES string of the molecule is CCN(C(=O)CSc1nnc(-c2cc(C)cc(C)c2)o1)c1ccc(F)cc1. The van der Waals surface area contributed by atoms with E-state index in [0.29, 0.717) is 23.3 Å². The molecule has 5 nitrogen and oxygen atoms in total. The highest BCUT2D eigenvalue weighted by atomic mass is 32.2. The monoisotopic (exact) mass is 385 g/mol. The summed E-state index contributed by atoms with van der Waals surface area (Å²) in [5.74, 6) is 0.143. The number of aryl methyl sites for hydroxylation is 2. The van der Waals surface area contributed by atoms with Crippen molar-refractivity contribution in [3.05, 3.63) is 59.4 Å². The molecule has 0 bridgehead atoms. The lowest BCUT2D eigenvalue weighted by atomic mass is 10.1. The van der Waals surface area contributed by atoms with E-state index in [0.717, 1.165) is 16.7 Å². The number of nitrogens with zero attached hydrogens (tertiary/aromatic N) is 3. The van der Waals surface area contributed by atoms with Crippen LogP contribution in [0.25, 0.3) is 11.5 Å². The Morgan fingerprint density at radius 1 is 1.11 bits per heavy atom. The van der Waals surface area contributed by atoms with Crippen LogP contribution in [-0.2, 0) is 4.79 Å². The van der Waals surface area contributed by atoms with Crippen molar-refractivity contribution in [1.82, 2.24) is 10.2 Å². The molecule has 3 rings (SSSR count). The van der Waals surface area contributed by atoms with Gasteiger partial charge in [-0.05, 0) is 57.2 Å². The molecule has 7 heteroatoms. The molecule has 0 aliphatic heterocycles. The van der Waals surface area contributed by atoms with Crippen LogP contribution < -0.4 is 4.90 Å². The molecule has 0 aliphatic rings. The van der Waals surface area contributed by atoms with Crippen molar-refractivity contribution in [2.24, 2.45) is 0 Å². The van der Waals surface area contributed by atoms with Crippen LogP contribution in [0.5, 0.6) is 0 Å². The van der Waals surface area contributed by atoms with Gasteiger partial charge in [0.2, 0.25) is 11.8 Å². The van der Waals surface area contributed by atoms with Crippen LogP contribution in [0, 0.1) is 19.7 Å². The van der Waals surface area contributed by atoms with Crippen LogP contribution in [0.3, 0.4) is 0 Å². The Hall–Kier alpha value is -2.67. The number of hydrogen-bond donors (Lipinski definition) is 0. The molecule has 0 spiro atoms. The highest BCUT2D eigenvalue weighted by molar-refractivity contribution is 7.99. The number of rotatable bonds is 6. The van der Waals surface area contributed by atoms with E-state index in [-0.39, 0.29) is 17.5 Å². The highest BCUT2D eigenvalue weighted by Crippen LogP contribution is 2.25. The second-order valence-corrected chi connectivity index (χ2v) is 7.08. The van der Waals surface area contributed by atoms with Gasteiger partial charge in [0, 0.05) is 17.8 Å². The van der Waals surface area contributed by atoms with E-state index in [9.17, 15) is 9.18 Å². The lowest BCUT2D eigenvalue weighted by Crippen LogP contribution is -2.32. The largest absolute Gasteiger partial charge is 0.411 e. The molecule has 3 aromatic rings.